The first-order chi connectivity index (χ1) is 12.7. The minimum Gasteiger partial charge on any atom is -0.337 e. The zero-order chi connectivity index (χ0) is 18.4. The molecule has 2 aromatic rings. The number of anilines is 1. The number of piperidine rings is 1. The third-order valence-corrected chi connectivity index (χ3v) is 4.67. The van der Waals surface area contributed by atoms with Crippen LogP contribution in [0.2, 0.25) is 0 Å². The molecule has 0 spiro atoms. The van der Waals surface area contributed by atoms with E-state index in [1.807, 2.05) is 22.7 Å². The highest BCUT2D eigenvalue weighted by molar-refractivity contribution is 5.97. The first-order valence-electron chi connectivity index (χ1n) is 8.98. The van der Waals surface area contributed by atoms with Crippen LogP contribution < -0.4 is 10.6 Å². The summed E-state index contributed by atoms with van der Waals surface area (Å²) < 4.78 is 1.86. The number of benzene rings is 1. The molecule has 1 saturated heterocycles. The molecular formula is C19H25N5O2. The second-order valence-electron chi connectivity index (χ2n) is 6.56. The first kappa shape index (κ1) is 18.1. The lowest BCUT2D eigenvalue weighted by Gasteiger charge is -2.32. The summed E-state index contributed by atoms with van der Waals surface area (Å²) in [5.41, 5.74) is 1.25. The van der Waals surface area contributed by atoms with E-state index in [0.29, 0.717) is 30.3 Å². The Morgan fingerprint density at radius 2 is 2.23 bits per heavy atom. The van der Waals surface area contributed by atoms with Crippen LogP contribution in [0.5, 0.6) is 0 Å². The van der Waals surface area contributed by atoms with E-state index in [-0.39, 0.29) is 11.8 Å². The molecule has 1 aromatic carbocycles. The number of nitrogens with one attached hydrogen (secondary N) is 2. The van der Waals surface area contributed by atoms with Crippen molar-refractivity contribution in [1.82, 2.24) is 19.8 Å². The topological polar surface area (TPSA) is 79.3 Å². The molecule has 1 aliphatic rings. The van der Waals surface area contributed by atoms with Gasteiger partial charge in [-0.2, -0.15) is 0 Å². The van der Waals surface area contributed by atoms with Crippen LogP contribution >= 0.6 is 0 Å². The fourth-order valence-electron chi connectivity index (χ4n) is 3.18. The molecule has 1 unspecified atom stereocenters. The van der Waals surface area contributed by atoms with E-state index in [9.17, 15) is 9.59 Å². The van der Waals surface area contributed by atoms with Gasteiger partial charge in [0.15, 0.2) is 0 Å². The van der Waals surface area contributed by atoms with Gasteiger partial charge in [-0.1, -0.05) is 6.07 Å². The van der Waals surface area contributed by atoms with Crippen molar-refractivity contribution in [3.8, 4) is 0 Å². The van der Waals surface area contributed by atoms with Gasteiger partial charge in [0.25, 0.3) is 5.91 Å². The SMILES string of the molecule is CNC1CCCN(C(=O)c2cccc(NC(=O)CCn3ccnc3)c2)C1. The maximum atomic E-state index is 12.8. The molecule has 7 heteroatoms. The fourth-order valence-corrected chi connectivity index (χ4v) is 3.18. The van der Waals surface area contributed by atoms with Gasteiger partial charge in [-0.3, -0.25) is 9.59 Å². The summed E-state index contributed by atoms with van der Waals surface area (Å²) in [5, 5.41) is 6.11. The first-order valence-corrected chi connectivity index (χ1v) is 8.98. The van der Waals surface area contributed by atoms with Crippen LogP contribution in [-0.2, 0) is 11.3 Å². The quantitative estimate of drug-likeness (QED) is 0.827. The number of aromatic nitrogens is 2. The van der Waals surface area contributed by atoms with Crippen molar-refractivity contribution in [2.45, 2.75) is 31.8 Å². The molecular weight excluding hydrogens is 330 g/mol. The van der Waals surface area contributed by atoms with Gasteiger partial charge in [-0.15, -0.1) is 0 Å². The minimum atomic E-state index is -0.0866. The number of rotatable bonds is 6. The number of hydrogen-bond donors (Lipinski definition) is 2. The maximum Gasteiger partial charge on any atom is 0.253 e. The van der Waals surface area contributed by atoms with E-state index in [4.69, 9.17) is 0 Å². The number of hydrogen-bond acceptors (Lipinski definition) is 4. The summed E-state index contributed by atoms with van der Waals surface area (Å²) in [4.78, 5) is 30.7. The van der Waals surface area contributed by atoms with Crippen molar-refractivity contribution in [3.05, 3.63) is 48.5 Å². The molecule has 0 radical (unpaired) electrons. The van der Waals surface area contributed by atoms with Crippen LogP contribution in [0.15, 0.2) is 43.0 Å². The number of carbonyl (C=O) groups excluding carboxylic acids is 2. The normalized spacial score (nSPS) is 17.1. The van der Waals surface area contributed by atoms with E-state index in [1.54, 1.807) is 36.8 Å². The van der Waals surface area contributed by atoms with Crippen molar-refractivity contribution in [2.24, 2.45) is 0 Å². The van der Waals surface area contributed by atoms with Crippen molar-refractivity contribution in [1.29, 1.82) is 0 Å². The minimum absolute atomic E-state index is 0.0134. The van der Waals surface area contributed by atoms with E-state index in [2.05, 4.69) is 15.6 Å². The Hall–Kier alpha value is -2.67. The van der Waals surface area contributed by atoms with Crippen LogP contribution in [0.4, 0.5) is 5.69 Å². The summed E-state index contributed by atoms with van der Waals surface area (Å²) in [7, 11) is 1.93. The molecule has 1 atom stereocenters. The van der Waals surface area contributed by atoms with Crippen molar-refractivity contribution in [3.63, 3.8) is 0 Å². The Labute approximate surface area is 153 Å². The smallest absolute Gasteiger partial charge is 0.253 e. The number of carbonyl (C=O) groups is 2. The Balaban J connectivity index is 1.58. The summed E-state index contributed by atoms with van der Waals surface area (Å²) >= 11 is 0. The Morgan fingerprint density at radius 1 is 1.35 bits per heavy atom. The van der Waals surface area contributed by atoms with Crippen LogP contribution in [0, 0.1) is 0 Å². The predicted molar refractivity (Wildman–Crippen MR) is 99.9 cm³/mol. The van der Waals surface area contributed by atoms with Crippen molar-refractivity contribution >= 4 is 17.5 Å². The molecule has 2 amide bonds. The molecule has 2 heterocycles. The van der Waals surface area contributed by atoms with Gasteiger partial charge in [0.05, 0.1) is 6.33 Å². The maximum absolute atomic E-state index is 12.8. The molecule has 0 saturated carbocycles. The van der Waals surface area contributed by atoms with E-state index >= 15 is 0 Å². The van der Waals surface area contributed by atoms with Gasteiger partial charge in [0, 0.05) is 55.7 Å². The zero-order valence-electron chi connectivity index (χ0n) is 15.0. The van der Waals surface area contributed by atoms with E-state index < -0.39 is 0 Å². The van der Waals surface area contributed by atoms with Crippen LogP contribution in [-0.4, -0.2) is 52.4 Å². The molecule has 1 aliphatic heterocycles. The molecule has 138 valence electrons. The largest absolute Gasteiger partial charge is 0.337 e. The van der Waals surface area contributed by atoms with Crippen LogP contribution in [0.1, 0.15) is 29.6 Å². The molecule has 7 nitrogen and oxygen atoms in total. The van der Waals surface area contributed by atoms with Gasteiger partial charge in [0.1, 0.15) is 0 Å². The number of nitrogens with zero attached hydrogens (tertiary/aromatic N) is 3. The molecule has 2 N–H and O–H groups in total. The summed E-state index contributed by atoms with van der Waals surface area (Å²) in [6, 6.07) is 7.50. The van der Waals surface area contributed by atoms with Crippen molar-refractivity contribution < 1.29 is 9.59 Å². The average molecular weight is 355 g/mol. The second-order valence-corrected chi connectivity index (χ2v) is 6.56. The third-order valence-electron chi connectivity index (χ3n) is 4.67. The highest BCUT2D eigenvalue weighted by Gasteiger charge is 2.23. The predicted octanol–water partition coefficient (Wildman–Crippen LogP) is 1.74. The monoisotopic (exact) mass is 355 g/mol. The Morgan fingerprint density at radius 3 is 3.00 bits per heavy atom. The molecule has 0 aliphatic carbocycles. The third kappa shape index (κ3) is 4.70. The zero-order valence-corrected chi connectivity index (χ0v) is 15.0. The van der Waals surface area contributed by atoms with E-state index in [1.165, 1.54) is 0 Å². The lowest BCUT2D eigenvalue weighted by atomic mass is 10.0. The highest BCUT2D eigenvalue weighted by atomic mass is 16.2. The standard InChI is InChI=1S/C19H25N5O2/c1-20-17-6-3-9-24(13-17)19(26)15-4-2-5-16(12-15)22-18(25)7-10-23-11-8-21-14-23/h2,4-5,8,11-12,14,17,20H,3,6-7,9-10,13H2,1H3,(H,22,25). The molecule has 26 heavy (non-hydrogen) atoms. The van der Waals surface area contributed by atoms with Crippen molar-refractivity contribution in [2.75, 3.05) is 25.5 Å². The highest BCUT2D eigenvalue weighted by Crippen LogP contribution is 2.17. The number of amides is 2. The average Bonchev–Trinajstić information content (AvgIpc) is 3.20. The lowest BCUT2D eigenvalue weighted by Crippen LogP contribution is -2.46. The number of likely N-dealkylation sites (N-methyl/N-ethyl adjacent to an activating group) is 1. The molecule has 1 aromatic heterocycles. The number of imidazole rings is 1. The lowest BCUT2D eigenvalue weighted by molar-refractivity contribution is -0.116. The van der Waals surface area contributed by atoms with E-state index in [0.717, 1.165) is 25.9 Å². The molecule has 0 bridgehead atoms. The summed E-state index contributed by atoms with van der Waals surface area (Å²) in [5.74, 6) is -0.0732. The van der Waals surface area contributed by atoms with Gasteiger partial charge < -0.3 is 20.1 Å². The Kier molecular flexibility index (Phi) is 6.01. The fraction of sp³-hybridized carbons (Fsp3) is 0.421. The number of likely N-dealkylation sites (tertiary alicyclic amines) is 1. The van der Waals surface area contributed by atoms with Gasteiger partial charge in [0.2, 0.25) is 5.91 Å². The Bertz CT molecular complexity index is 744. The van der Waals surface area contributed by atoms with Gasteiger partial charge in [-0.25, -0.2) is 4.98 Å². The number of aryl methyl sites for hydroxylation is 1. The van der Waals surface area contributed by atoms with Crippen LogP contribution in [0.25, 0.3) is 0 Å². The summed E-state index contributed by atoms with van der Waals surface area (Å²) in [6.45, 7) is 2.07. The van der Waals surface area contributed by atoms with Gasteiger partial charge >= 0.3 is 0 Å². The molecule has 1 fully saturated rings. The van der Waals surface area contributed by atoms with Crippen LogP contribution in [0.3, 0.4) is 0 Å². The summed E-state index contributed by atoms with van der Waals surface area (Å²) in [6.07, 6.45) is 7.64. The van der Waals surface area contributed by atoms with Gasteiger partial charge in [-0.05, 0) is 38.1 Å². The second kappa shape index (κ2) is 8.62. The molecule has 3 rings (SSSR count).